The second-order valence-electron chi connectivity index (χ2n) is 5.95. The third kappa shape index (κ3) is 3.44. The Morgan fingerprint density at radius 2 is 1.73 bits per heavy atom. The average molecular weight is 347 g/mol. The van der Waals surface area contributed by atoms with Gasteiger partial charge in [0.1, 0.15) is 5.82 Å². The van der Waals surface area contributed by atoms with Gasteiger partial charge in [0.15, 0.2) is 11.5 Å². The number of anilines is 3. The number of carbonyl (C=O) groups excluding carboxylic acids is 1. The molecule has 6 heteroatoms. The van der Waals surface area contributed by atoms with E-state index in [4.69, 9.17) is 9.47 Å². The summed E-state index contributed by atoms with van der Waals surface area (Å²) in [5.74, 6) is 1.76. The van der Waals surface area contributed by atoms with E-state index in [0.29, 0.717) is 17.1 Å². The van der Waals surface area contributed by atoms with Crippen LogP contribution in [0.4, 0.5) is 17.2 Å². The van der Waals surface area contributed by atoms with Crippen molar-refractivity contribution >= 4 is 23.1 Å². The fourth-order valence-corrected chi connectivity index (χ4v) is 2.58. The van der Waals surface area contributed by atoms with E-state index < -0.39 is 0 Å². The fourth-order valence-electron chi connectivity index (χ4n) is 2.58. The smallest absolute Gasteiger partial charge is 0.256 e. The number of hydrogen-bond donors (Lipinski definition) is 2. The predicted octanol–water partition coefficient (Wildman–Crippen LogP) is 4.11. The highest BCUT2D eigenvalue weighted by Crippen LogP contribution is 2.35. The summed E-state index contributed by atoms with van der Waals surface area (Å²) in [6, 6.07) is 16.6. The zero-order valence-corrected chi connectivity index (χ0v) is 14.2. The lowest BCUT2D eigenvalue weighted by atomic mass is 10.1. The lowest BCUT2D eigenvalue weighted by molar-refractivity contribution is 0.102. The second-order valence-corrected chi connectivity index (χ2v) is 5.95. The maximum Gasteiger partial charge on any atom is 0.256 e. The number of aromatic nitrogens is 1. The van der Waals surface area contributed by atoms with E-state index >= 15 is 0 Å². The van der Waals surface area contributed by atoms with Crippen molar-refractivity contribution in [3.8, 4) is 11.5 Å². The minimum absolute atomic E-state index is 0.186. The van der Waals surface area contributed by atoms with Crippen molar-refractivity contribution in [2.24, 2.45) is 0 Å². The van der Waals surface area contributed by atoms with Crippen LogP contribution in [0.25, 0.3) is 0 Å². The van der Waals surface area contributed by atoms with Gasteiger partial charge in [0.2, 0.25) is 6.79 Å². The zero-order valence-electron chi connectivity index (χ0n) is 14.2. The van der Waals surface area contributed by atoms with Crippen molar-refractivity contribution in [1.29, 1.82) is 0 Å². The predicted molar refractivity (Wildman–Crippen MR) is 99.2 cm³/mol. The first-order valence-corrected chi connectivity index (χ1v) is 8.18. The average Bonchev–Trinajstić information content (AvgIpc) is 3.12. The van der Waals surface area contributed by atoms with E-state index in [1.807, 2.05) is 43.3 Å². The van der Waals surface area contributed by atoms with Crippen LogP contribution in [0.15, 0.2) is 60.8 Å². The molecule has 1 aliphatic rings. The summed E-state index contributed by atoms with van der Waals surface area (Å²) in [6.07, 6.45) is 1.66. The van der Waals surface area contributed by atoms with Gasteiger partial charge in [-0.15, -0.1) is 0 Å². The van der Waals surface area contributed by atoms with Gasteiger partial charge in [0, 0.05) is 17.3 Å². The topological polar surface area (TPSA) is 72.5 Å². The molecule has 0 bridgehead atoms. The number of amides is 1. The molecular weight excluding hydrogens is 330 g/mol. The van der Waals surface area contributed by atoms with Crippen LogP contribution in [0, 0.1) is 6.92 Å². The summed E-state index contributed by atoms with van der Waals surface area (Å²) >= 11 is 0. The van der Waals surface area contributed by atoms with Gasteiger partial charge in [-0.1, -0.05) is 17.7 Å². The maximum absolute atomic E-state index is 12.2. The number of rotatable bonds is 4. The number of benzene rings is 2. The molecule has 0 saturated heterocycles. The molecule has 4 rings (SSSR count). The highest BCUT2D eigenvalue weighted by molar-refractivity contribution is 6.03. The van der Waals surface area contributed by atoms with E-state index in [9.17, 15) is 4.79 Å². The van der Waals surface area contributed by atoms with E-state index in [1.165, 1.54) is 0 Å². The quantitative estimate of drug-likeness (QED) is 0.743. The highest BCUT2D eigenvalue weighted by Gasteiger charge is 2.13. The van der Waals surface area contributed by atoms with Crippen LogP contribution in [0.2, 0.25) is 0 Å². The Morgan fingerprint density at radius 1 is 0.962 bits per heavy atom. The van der Waals surface area contributed by atoms with Gasteiger partial charge in [-0.3, -0.25) is 4.79 Å². The van der Waals surface area contributed by atoms with Gasteiger partial charge in [0.25, 0.3) is 5.91 Å². The van der Waals surface area contributed by atoms with Crippen LogP contribution < -0.4 is 20.1 Å². The molecule has 1 aromatic heterocycles. The summed E-state index contributed by atoms with van der Waals surface area (Å²) in [5, 5.41) is 6.03. The standard InChI is InChI=1S/C20H17N3O3/c1-13-2-4-14(5-3-13)20(24)23-19-9-7-16(11-21-19)22-15-6-8-17-18(10-15)26-12-25-17/h2-11,22H,12H2,1H3,(H,21,23,24). The summed E-state index contributed by atoms with van der Waals surface area (Å²) in [4.78, 5) is 16.5. The number of nitrogens with zero attached hydrogens (tertiary/aromatic N) is 1. The molecule has 3 aromatic rings. The van der Waals surface area contributed by atoms with Crippen LogP contribution in [0.3, 0.4) is 0 Å². The van der Waals surface area contributed by atoms with Crippen LogP contribution in [-0.2, 0) is 0 Å². The SMILES string of the molecule is Cc1ccc(C(=O)Nc2ccc(Nc3ccc4c(c3)OCO4)cn2)cc1. The first-order chi connectivity index (χ1) is 12.7. The number of ether oxygens (including phenoxy) is 2. The van der Waals surface area contributed by atoms with Crippen molar-refractivity contribution in [2.45, 2.75) is 6.92 Å². The molecule has 0 unspecified atom stereocenters. The Hall–Kier alpha value is -3.54. The number of pyridine rings is 1. The third-order valence-corrected chi connectivity index (χ3v) is 3.98. The van der Waals surface area contributed by atoms with Crippen LogP contribution >= 0.6 is 0 Å². The van der Waals surface area contributed by atoms with Crippen molar-refractivity contribution in [1.82, 2.24) is 4.98 Å². The zero-order chi connectivity index (χ0) is 17.9. The molecule has 130 valence electrons. The molecule has 6 nitrogen and oxygen atoms in total. The molecule has 2 heterocycles. The molecule has 0 aliphatic carbocycles. The Kier molecular flexibility index (Phi) is 4.15. The molecule has 0 fully saturated rings. The summed E-state index contributed by atoms with van der Waals surface area (Å²) in [7, 11) is 0. The van der Waals surface area contributed by atoms with Crippen molar-refractivity contribution in [3.05, 3.63) is 71.9 Å². The lowest BCUT2D eigenvalue weighted by Gasteiger charge is -2.09. The number of carbonyl (C=O) groups is 1. The van der Waals surface area contributed by atoms with Crippen LogP contribution in [0.5, 0.6) is 11.5 Å². The van der Waals surface area contributed by atoms with Crippen molar-refractivity contribution < 1.29 is 14.3 Å². The van der Waals surface area contributed by atoms with Crippen molar-refractivity contribution in [3.63, 3.8) is 0 Å². The number of hydrogen-bond acceptors (Lipinski definition) is 5. The largest absolute Gasteiger partial charge is 0.454 e. The Labute approximate surface area is 150 Å². The molecule has 0 saturated carbocycles. The first kappa shape index (κ1) is 16.0. The molecule has 1 aliphatic heterocycles. The Morgan fingerprint density at radius 3 is 2.50 bits per heavy atom. The van der Waals surface area contributed by atoms with E-state index in [-0.39, 0.29) is 12.7 Å². The second kappa shape index (κ2) is 6.76. The van der Waals surface area contributed by atoms with Gasteiger partial charge in [-0.2, -0.15) is 0 Å². The molecule has 2 N–H and O–H groups in total. The normalized spacial score (nSPS) is 11.9. The van der Waals surface area contributed by atoms with Gasteiger partial charge < -0.3 is 20.1 Å². The molecular formula is C20H17N3O3. The molecule has 0 radical (unpaired) electrons. The minimum Gasteiger partial charge on any atom is -0.454 e. The molecule has 1 amide bonds. The summed E-state index contributed by atoms with van der Waals surface area (Å²) in [6.45, 7) is 2.23. The number of nitrogens with one attached hydrogen (secondary N) is 2. The van der Waals surface area contributed by atoms with Gasteiger partial charge in [-0.25, -0.2) is 4.98 Å². The summed E-state index contributed by atoms with van der Waals surface area (Å²) < 4.78 is 10.7. The highest BCUT2D eigenvalue weighted by atomic mass is 16.7. The first-order valence-electron chi connectivity index (χ1n) is 8.18. The Balaban J connectivity index is 1.42. The van der Waals surface area contributed by atoms with Gasteiger partial charge in [-0.05, 0) is 43.3 Å². The lowest BCUT2D eigenvalue weighted by Crippen LogP contribution is -2.12. The third-order valence-electron chi connectivity index (χ3n) is 3.98. The summed E-state index contributed by atoms with van der Waals surface area (Å²) in [5.41, 5.74) is 3.38. The van der Waals surface area contributed by atoms with Gasteiger partial charge >= 0.3 is 0 Å². The van der Waals surface area contributed by atoms with Crippen LogP contribution in [-0.4, -0.2) is 17.7 Å². The minimum atomic E-state index is -0.186. The maximum atomic E-state index is 12.2. The molecule has 2 aromatic carbocycles. The van der Waals surface area contributed by atoms with E-state index in [1.54, 1.807) is 24.4 Å². The van der Waals surface area contributed by atoms with E-state index in [0.717, 1.165) is 22.7 Å². The number of fused-ring (bicyclic) bond motifs is 1. The molecule has 0 spiro atoms. The monoisotopic (exact) mass is 347 g/mol. The van der Waals surface area contributed by atoms with Gasteiger partial charge in [0.05, 0.1) is 11.9 Å². The van der Waals surface area contributed by atoms with E-state index in [2.05, 4.69) is 15.6 Å². The van der Waals surface area contributed by atoms with Crippen LogP contribution in [0.1, 0.15) is 15.9 Å². The molecule has 0 atom stereocenters. The molecule has 26 heavy (non-hydrogen) atoms. The Bertz CT molecular complexity index is 938. The van der Waals surface area contributed by atoms with Crippen molar-refractivity contribution in [2.75, 3.05) is 17.4 Å². The fraction of sp³-hybridized carbons (Fsp3) is 0.100. The number of aryl methyl sites for hydroxylation is 1.